The Kier molecular flexibility index (Phi) is 5.54. The van der Waals surface area contributed by atoms with Gasteiger partial charge in [-0.2, -0.15) is 0 Å². The van der Waals surface area contributed by atoms with Gasteiger partial charge in [0.1, 0.15) is 6.61 Å². The summed E-state index contributed by atoms with van der Waals surface area (Å²) >= 11 is 5.13. The maximum Gasteiger partial charge on any atom is 0.364 e. The van der Waals surface area contributed by atoms with Crippen molar-refractivity contribution in [2.24, 2.45) is 5.16 Å². The molecule has 0 atom stereocenters. The molecule has 0 amide bonds. The number of hydrogen-bond acceptors (Lipinski definition) is 5. The first-order chi connectivity index (χ1) is 6.17. The first kappa shape index (κ1) is 11.6. The minimum atomic E-state index is -1.02. The van der Waals surface area contributed by atoms with Crippen molar-refractivity contribution in [3.8, 4) is 0 Å². The van der Waals surface area contributed by atoms with Crippen LogP contribution >= 0.6 is 11.6 Å². The van der Waals surface area contributed by atoms with Gasteiger partial charge in [0.2, 0.25) is 11.5 Å². The fourth-order valence-corrected chi connectivity index (χ4v) is 0.603. The van der Waals surface area contributed by atoms with Gasteiger partial charge >= 0.3 is 5.97 Å². The average molecular weight is 206 g/mol. The number of esters is 1. The minimum absolute atomic E-state index is 0.0621. The summed E-state index contributed by atoms with van der Waals surface area (Å²) in [6, 6.07) is 0. The molecule has 6 heteroatoms. The van der Waals surface area contributed by atoms with Gasteiger partial charge in [-0.1, -0.05) is 17.8 Å². The van der Waals surface area contributed by atoms with Crippen molar-refractivity contribution in [3.05, 3.63) is 12.7 Å². The van der Waals surface area contributed by atoms with Crippen LogP contribution in [0.1, 0.15) is 0 Å². The lowest BCUT2D eigenvalue weighted by Gasteiger charge is -2.00. The van der Waals surface area contributed by atoms with Gasteiger partial charge in [-0.05, 0) is 0 Å². The van der Waals surface area contributed by atoms with Gasteiger partial charge in [0.15, 0.2) is 0 Å². The van der Waals surface area contributed by atoms with Crippen LogP contribution in [0.5, 0.6) is 0 Å². The summed E-state index contributed by atoms with van der Waals surface area (Å²) < 4.78 is 4.44. The standard InChI is InChI=1S/C7H8ClNO4/c1-2-3-13-7(11)6(9-12)5(10)4-8/h2,12H,1,3-4H2/b9-6-. The van der Waals surface area contributed by atoms with E-state index < -0.39 is 23.3 Å². The van der Waals surface area contributed by atoms with Gasteiger partial charge < -0.3 is 9.94 Å². The van der Waals surface area contributed by atoms with Crippen molar-refractivity contribution in [2.75, 3.05) is 12.5 Å². The van der Waals surface area contributed by atoms with Crippen LogP contribution in [-0.4, -0.2) is 35.2 Å². The van der Waals surface area contributed by atoms with E-state index in [9.17, 15) is 9.59 Å². The third-order valence-corrected chi connectivity index (χ3v) is 1.25. The smallest absolute Gasteiger partial charge is 0.364 e. The summed E-state index contributed by atoms with van der Waals surface area (Å²) in [4.78, 5) is 21.7. The number of ketones is 1. The molecule has 13 heavy (non-hydrogen) atoms. The molecule has 0 unspecified atom stereocenters. The molecule has 72 valence electrons. The zero-order chi connectivity index (χ0) is 10.3. The molecule has 0 aliphatic rings. The van der Waals surface area contributed by atoms with Gasteiger partial charge in [0.05, 0.1) is 5.88 Å². The Morgan fingerprint density at radius 3 is 2.62 bits per heavy atom. The number of rotatable bonds is 5. The van der Waals surface area contributed by atoms with E-state index in [4.69, 9.17) is 16.8 Å². The maximum absolute atomic E-state index is 10.9. The van der Waals surface area contributed by atoms with Crippen LogP contribution in [-0.2, 0) is 14.3 Å². The van der Waals surface area contributed by atoms with Gasteiger partial charge in [-0.25, -0.2) is 4.79 Å². The molecule has 0 aliphatic heterocycles. The SMILES string of the molecule is C=CCOC(=O)/C(=N\O)C(=O)CCl. The van der Waals surface area contributed by atoms with Crippen molar-refractivity contribution in [1.82, 2.24) is 0 Å². The lowest BCUT2D eigenvalue weighted by atomic mass is 10.3. The zero-order valence-electron chi connectivity index (χ0n) is 6.70. The summed E-state index contributed by atoms with van der Waals surface area (Å²) in [5.74, 6) is -2.26. The molecule has 0 aliphatic carbocycles. The highest BCUT2D eigenvalue weighted by atomic mass is 35.5. The van der Waals surface area contributed by atoms with Crippen LogP contribution in [0.3, 0.4) is 0 Å². The summed E-state index contributed by atoms with van der Waals surface area (Å²) in [5, 5.41) is 10.8. The lowest BCUT2D eigenvalue weighted by molar-refractivity contribution is -0.135. The highest BCUT2D eigenvalue weighted by Crippen LogP contribution is 1.90. The number of Topliss-reactive ketones (excluding diaryl/α,β-unsaturated/α-hetero) is 1. The summed E-state index contributed by atoms with van der Waals surface area (Å²) in [7, 11) is 0. The van der Waals surface area contributed by atoms with Crippen LogP contribution in [0.4, 0.5) is 0 Å². The highest BCUT2D eigenvalue weighted by Gasteiger charge is 2.21. The van der Waals surface area contributed by atoms with Crippen molar-refractivity contribution in [1.29, 1.82) is 0 Å². The van der Waals surface area contributed by atoms with Gasteiger partial charge in [-0.3, -0.25) is 4.79 Å². The van der Waals surface area contributed by atoms with E-state index in [1.807, 2.05) is 0 Å². The molecule has 0 radical (unpaired) electrons. The molecule has 5 nitrogen and oxygen atoms in total. The number of hydrogen-bond donors (Lipinski definition) is 1. The topological polar surface area (TPSA) is 76.0 Å². The Hall–Kier alpha value is -1.36. The Morgan fingerprint density at radius 1 is 1.62 bits per heavy atom. The minimum Gasteiger partial charge on any atom is -0.457 e. The molecule has 0 saturated heterocycles. The number of nitrogens with zero attached hydrogens (tertiary/aromatic N) is 1. The molecule has 0 aromatic heterocycles. The van der Waals surface area contributed by atoms with Gasteiger partial charge in [0.25, 0.3) is 0 Å². The first-order valence-electron chi connectivity index (χ1n) is 3.26. The van der Waals surface area contributed by atoms with Crippen molar-refractivity contribution < 1.29 is 19.5 Å². The van der Waals surface area contributed by atoms with Crippen LogP contribution in [0, 0.1) is 0 Å². The monoisotopic (exact) mass is 205 g/mol. The molecular formula is C7H8ClNO4. The predicted octanol–water partition coefficient (Wildman–Crippen LogP) is 0.354. The quantitative estimate of drug-likeness (QED) is 0.134. The molecule has 1 N–H and O–H groups in total. The van der Waals surface area contributed by atoms with E-state index in [1.165, 1.54) is 6.08 Å². The van der Waals surface area contributed by atoms with Crippen LogP contribution in [0.2, 0.25) is 0 Å². The molecule has 0 saturated carbocycles. The fraction of sp³-hybridized carbons (Fsp3) is 0.286. The number of oxime groups is 1. The van der Waals surface area contributed by atoms with Crippen LogP contribution < -0.4 is 0 Å². The predicted molar refractivity (Wildman–Crippen MR) is 46.1 cm³/mol. The van der Waals surface area contributed by atoms with E-state index in [0.717, 1.165) is 0 Å². The van der Waals surface area contributed by atoms with E-state index in [2.05, 4.69) is 16.5 Å². The van der Waals surface area contributed by atoms with Gasteiger partial charge in [0, 0.05) is 0 Å². The van der Waals surface area contributed by atoms with Gasteiger partial charge in [-0.15, -0.1) is 11.6 Å². The third-order valence-electron chi connectivity index (χ3n) is 1.01. The van der Waals surface area contributed by atoms with Crippen molar-refractivity contribution in [3.63, 3.8) is 0 Å². The molecule has 0 fully saturated rings. The highest BCUT2D eigenvalue weighted by molar-refractivity contribution is 6.67. The Bertz CT molecular complexity index is 249. The second-order valence-electron chi connectivity index (χ2n) is 1.89. The van der Waals surface area contributed by atoms with Crippen molar-refractivity contribution >= 4 is 29.1 Å². The summed E-state index contributed by atoms with van der Waals surface area (Å²) in [6.45, 7) is 3.23. The van der Waals surface area contributed by atoms with Crippen LogP contribution in [0.15, 0.2) is 17.8 Å². The lowest BCUT2D eigenvalue weighted by Crippen LogP contribution is -2.27. The zero-order valence-corrected chi connectivity index (χ0v) is 7.45. The van der Waals surface area contributed by atoms with E-state index in [-0.39, 0.29) is 6.61 Å². The van der Waals surface area contributed by atoms with Crippen molar-refractivity contribution in [2.45, 2.75) is 0 Å². The third kappa shape index (κ3) is 3.71. The number of alkyl halides is 1. The largest absolute Gasteiger partial charge is 0.457 e. The van der Waals surface area contributed by atoms with E-state index >= 15 is 0 Å². The molecule has 0 spiro atoms. The first-order valence-corrected chi connectivity index (χ1v) is 3.80. The van der Waals surface area contributed by atoms with Crippen LogP contribution in [0.25, 0.3) is 0 Å². The molecule has 0 aromatic carbocycles. The Labute approximate surface area is 79.6 Å². The fourth-order valence-electron chi connectivity index (χ4n) is 0.477. The number of halogens is 1. The Balaban J connectivity index is 4.34. The second kappa shape index (κ2) is 6.19. The summed E-state index contributed by atoms with van der Waals surface area (Å²) in [6.07, 6.45) is 1.32. The number of carbonyl (C=O) groups is 2. The number of ether oxygens (including phenoxy) is 1. The van der Waals surface area contributed by atoms with E-state index in [0.29, 0.717) is 0 Å². The normalized spacial score (nSPS) is 10.7. The molecule has 0 aromatic rings. The molecule has 0 bridgehead atoms. The summed E-state index contributed by atoms with van der Waals surface area (Å²) in [5.41, 5.74) is -0.711. The molecule has 0 rings (SSSR count). The molecular weight excluding hydrogens is 198 g/mol. The second-order valence-corrected chi connectivity index (χ2v) is 2.16. The van der Waals surface area contributed by atoms with E-state index in [1.54, 1.807) is 0 Å². The maximum atomic E-state index is 10.9. The number of carbonyl (C=O) groups excluding carboxylic acids is 2. The Morgan fingerprint density at radius 2 is 2.23 bits per heavy atom. The average Bonchev–Trinajstić information content (AvgIpc) is 2.15. The molecule has 0 heterocycles.